The van der Waals surface area contributed by atoms with Crippen LogP contribution in [-0.2, 0) is 12.8 Å². The van der Waals surface area contributed by atoms with Gasteiger partial charge in [0, 0.05) is 16.3 Å². The molecule has 0 amide bonds. The zero-order valence-corrected chi connectivity index (χ0v) is 12.6. The molecule has 0 fully saturated rings. The van der Waals surface area contributed by atoms with Crippen LogP contribution in [0.5, 0.6) is 5.75 Å². The number of aryl methyl sites for hydroxylation is 1. The molecule has 0 aliphatic carbocycles. The summed E-state index contributed by atoms with van der Waals surface area (Å²) in [6, 6.07) is 4.32. The summed E-state index contributed by atoms with van der Waals surface area (Å²) in [7, 11) is 0. The second kappa shape index (κ2) is 5.62. The topological polar surface area (TPSA) is 9.23 Å². The molecule has 0 spiro atoms. The van der Waals surface area contributed by atoms with E-state index < -0.39 is 0 Å². The van der Waals surface area contributed by atoms with Crippen LogP contribution < -0.4 is 4.74 Å². The van der Waals surface area contributed by atoms with Crippen LogP contribution >= 0.6 is 27.5 Å². The van der Waals surface area contributed by atoms with E-state index in [1.165, 1.54) is 11.1 Å². The Hall–Kier alpha value is -0.210. The molecule has 0 bridgehead atoms. The van der Waals surface area contributed by atoms with Crippen molar-refractivity contribution in [2.75, 3.05) is 6.61 Å². The van der Waals surface area contributed by atoms with Gasteiger partial charge in [-0.25, -0.2) is 0 Å². The lowest BCUT2D eigenvalue weighted by Gasteiger charge is -2.14. The molecule has 1 heterocycles. The van der Waals surface area contributed by atoms with Crippen LogP contribution in [0.3, 0.4) is 0 Å². The van der Waals surface area contributed by atoms with E-state index in [-0.39, 0.29) is 5.38 Å². The van der Waals surface area contributed by atoms with Crippen LogP contribution in [0.15, 0.2) is 16.6 Å². The van der Waals surface area contributed by atoms with Gasteiger partial charge in [0.1, 0.15) is 5.75 Å². The molecule has 1 aliphatic heterocycles. The van der Waals surface area contributed by atoms with E-state index in [4.69, 9.17) is 16.3 Å². The smallest absolute Gasteiger partial charge is 0.125 e. The third-order valence-corrected chi connectivity index (χ3v) is 4.42. The average Bonchev–Trinajstić information content (AvgIpc) is 2.72. The lowest BCUT2D eigenvalue weighted by molar-refractivity contribution is 0.352. The van der Waals surface area contributed by atoms with Crippen molar-refractivity contribution in [1.29, 1.82) is 0 Å². The van der Waals surface area contributed by atoms with E-state index in [9.17, 15) is 0 Å². The van der Waals surface area contributed by atoms with Gasteiger partial charge in [-0.05, 0) is 42.0 Å². The molecule has 17 heavy (non-hydrogen) atoms. The Bertz CT molecular complexity index is 403. The van der Waals surface area contributed by atoms with Crippen LogP contribution in [0.4, 0.5) is 0 Å². The van der Waals surface area contributed by atoms with E-state index in [1.807, 2.05) is 0 Å². The number of benzene rings is 1. The number of hydrogen-bond acceptors (Lipinski definition) is 1. The third kappa shape index (κ3) is 3.17. The average molecular weight is 318 g/mol. The number of rotatable bonds is 4. The van der Waals surface area contributed by atoms with Crippen LogP contribution in [0.1, 0.15) is 31.4 Å². The van der Waals surface area contributed by atoms with E-state index in [0.717, 1.165) is 36.1 Å². The van der Waals surface area contributed by atoms with Crippen molar-refractivity contribution in [3.8, 4) is 5.75 Å². The fourth-order valence-electron chi connectivity index (χ4n) is 2.16. The first-order chi connectivity index (χ1) is 8.08. The van der Waals surface area contributed by atoms with Crippen molar-refractivity contribution in [1.82, 2.24) is 0 Å². The molecule has 1 unspecified atom stereocenters. The number of alkyl halides is 1. The zero-order valence-electron chi connectivity index (χ0n) is 10.3. The van der Waals surface area contributed by atoms with Crippen molar-refractivity contribution in [2.24, 2.45) is 5.92 Å². The fourth-order valence-corrected chi connectivity index (χ4v) is 2.82. The van der Waals surface area contributed by atoms with Crippen molar-refractivity contribution >= 4 is 27.5 Å². The van der Waals surface area contributed by atoms with E-state index in [1.54, 1.807) is 0 Å². The lowest BCUT2D eigenvalue weighted by Crippen LogP contribution is -2.09. The Morgan fingerprint density at radius 1 is 1.41 bits per heavy atom. The predicted molar refractivity (Wildman–Crippen MR) is 76.1 cm³/mol. The molecule has 0 radical (unpaired) electrons. The summed E-state index contributed by atoms with van der Waals surface area (Å²) in [5.41, 5.74) is 2.61. The van der Waals surface area contributed by atoms with Crippen molar-refractivity contribution in [3.05, 3.63) is 27.7 Å². The second-order valence-electron chi connectivity index (χ2n) is 4.95. The van der Waals surface area contributed by atoms with Gasteiger partial charge in [-0.3, -0.25) is 0 Å². The highest BCUT2D eigenvalue weighted by molar-refractivity contribution is 9.10. The molecule has 1 atom stereocenters. The molecule has 1 aromatic carbocycles. The number of ether oxygens (including phenoxy) is 1. The molecular formula is C14H18BrClO. The summed E-state index contributed by atoms with van der Waals surface area (Å²) in [6.07, 6.45) is 3.02. The third-order valence-electron chi connectivity index (χ3n) is 3.24. The highest BCUT2D eigenvalue weighted by Crippen LogP contribution is 2.34. The largest absolute Gasteiger partial charge is 0.493 e. The Kier molecular flexibility index (Phi) is 4.37. The second-order valence-corrected chi connectivity index (χ2v) is 6.43. The minimum Gasteiger partial charge on any atom is -0.493 e. The molecule has 0 N–H and O–H groups in total. The molecule has 1 aromatic rings. The summed E-state index contributed by atoms with van der Waals surface area (Å²) in [5.74, 6) is 1.62. The van der Waals surface area contributed by atoms with Gasteiger partial charge >= 0.3 is 0 Å². The molecule has 0 saturated heterocycles. The van der Waals surface area contributed by atoms with Crippen molar-refractivity contribution in [3.63, 3.8) is 0 Å². The molecule has 0 saturated carbocycles. The summed E-state index contributed by atoms with van der Waals surface area (Å²) in [4.78, 5) is 0. The van der Waals surface area contributed by atoms with Gasteiger partial charge in [0.25, 0.3) is 0 Å². The highest BCUT2D eigenvalue weighted by atomic mass is 79.9. The van der Waals surface area contributed by atoms with Gasteiger partial charge in [-0.15, -0.1) is 11.6 Å². The van der Waals surface area contributed by atoms with Gasteiger partial charge in [0.15, 0.2) is 0 Å². The normalized spacial score (nSPS) is 15.8. The maximum Gasteiger partial charge on any atom is 0.125 e. The minimum atomic E-state index is 0.242. The quantitative estimate of drug-likeness (QED) is 0.739. The first-order valence-corrected chi connectivity index (χ1v) is 7.39. The van der Waals surface area contributed by atoms with Crippen molar-refractivity contribution < 1.29 is 4.74 Å². The van der Waals surface area contributed by atoms with Gasteiger partial charge in [0.05, 0.1) is 6.61 Å². The first-order valence-electron chi connectivity index (χ1n) is 6.16. The highest BCUT2D eigenvalue weighted by Gasteiger charge is 2.18. The van der Waals surface area contributed by atoms with Gasteiger partial charge < -0.3 is 4.74 Å². The molecule has 1 aliphatic rings. The van der Waals surface area contributed by atoms with Gasteiger partial charge in [-0.1, -0.05) is 29.8 Å². The number of fused-ring (bicyclic) bond motifs is 1. The van der Waals surface area contributed by atoms with Crippen LogP contribution in [0.25, 0.3) is 0 Å². The Balaban J connectivity index is 2.11. The van der Waals surface area contributed by atoms with E-state index >= 15 is 0 Å². The molecule has 3 heteroatoms. The summed E-state index contributed by atoms with van der Waals surface area (Å²) in [5, 5.41) is 0.242. The number of halogens is 2. The Labute approximate surface area is 117 Å². The summed E-state index contributed by atoms with van der Waals surface area (Å²) >= 11 is 9.87. The zero-order chi connectivity index (χ0) is 12.4. The first kappa shape index (κ1) is 13.2. The molecule has 0 aromatic heterocycles. The van der Waals surface area contributed by atoms with Gasteiger partial charge in [0.2, 0.25) is 0 Å². The van der Waals surface area contributed by atoms with Crippen molar-refractivity contribution in [2.45, 2.75) is 38.5 Å². The SMILES string of the molecule is CC(C)C(Cl)CCc1cc(Br)cc2c1OCC2. The van der Waals surface area contributed by atoms with Gasteiger partial charge in [-0.2, -0.15) is 0 Å². The number of hydrogen-bond donors (Lipinski definition) is 0. The maximum absolute atomic E-state index is 6.30. The van der Waals surface area contributed by atoms with E-state index in [2.05, 4.69) is 41.9 Å². The minimum absolute atomic E-state index is 0.242. The Morgan fingerprint density at radius 2 is 2.18 bits per heavy atom. The summed E-state index contributed by atoms with van der Waals surface area (Å²) < 4.78 is 6.86. The molecular weight excluding hydrogens is 300 g/mol. The lowest BCUT2D eigenvalue weighted by atomic mass is 9.99. The monoisotopic (exact) mass is 316 g/mol. The standard InChI is InChI=1S/C14H18BrClO/c1-9(2)13(16)4-3-10-7-12(15)8-11-5-6-17-14(10)11/h7-9,13H,3-6H2,1-2H3. The molecule has 2 rings (SSSR count). The summed E-state index contributed by atoms with van der Waals surface area (Å²) in [6.45, 7) is 5.15. The van der Waals surface area contributed by atoms with Crippen LogP contribution in [-0.4, -0.2) is 12.0 Å². The molecule has 94 valence electrons. The predicted octanol–water partition coefficient (Wildman–Crippen LogP) is 4.58. The van der Waals surface area contributed by atoms with Crippen LogP contribution in [0, 0.1) is 5.92 Å². The fraction of sp³-hybridized carbons (Fsp3) is 0.571. The Morgan fingerprint density at radius 3 is 2.88 bits per heavy atom. The molecule has 1 nitrogen and oxygen atoms in total. The maximum atomic E-state index is 6.30. The van der Waals surface area contributed by atoms with Crippen LogP contribution in [0.2, 0.25) is 0 Å². The van der Waals surface area contributed by atoms with E-state index in [0.29, 0.717) is 5.92 Å².